The molecule has 28 heavy (non-hydrogen) atoms. The van der Waals surface area contributed by atoms with Gasteiger partial charge in [-0.05, 0) is 30.3 Å². The Hall–Kier alpha value is -3.88. The molecule has 9 nitrogen and oxygen atoms in total. The zero-order valence-electron chi connectivity index (χ0n) is 15.2. The number of carboxylic acids is 1. The van der Waals surface area contributed by atoms with Gasteiger partial charge in [-0.2, -0.15) is 0 Å². The van der Waals surface area contributed by atoms with E-state index in [1.807, 2.05) is 0 Å². The molecule has 2 aromatic carbocycles. The number of carboxylic acid groups (broad SMARTS) is 1. The Kier molecular flexibility index (Phi) is 5.54. The van der Waals surface area contributed by atoms with Gasteiger partial charge in [-0.3, -0.25) is 9.59 Å². The zero-order chi connectivity index (χ0) is 20.1. The first-order chi connectivity index (χ1) is 13.5. The summed E-state index contributed by atoms with van der Waals surface area (Å²) in [5, 5.41) is 19.4. The van der Waals surface area contributed by atoms with Crippen LogP contribution in [-0.2, 0) is 11.3 Å². The molecule has 0 radical (unpaired) electrons. The van der Waals surface area contributed by atoms with E-state index in [4.69, 9.17) is 14.6 Å². The molecule has 0 unspecified atom stereocenters. The van der Waals surface area contributed by atoms with Gasteiger partial charge in [0.05, 0.1) is 20.4 Å². The number of benzene rings is 2. The van der Waals surface area contributed by atoms with Crippen LogP contribution in [0.3, 0.4) is 0 Å². The molecule has 0 bridgehead atoms. The lowest BCUT2D eigenvalue weighted by molar-refractivity contribution is -0.137. The lowest BCUT2D eigenvalue weighted by Crippen LogP contribution is -2.12. The normalized spacial score (nSPS) is 10.4. The van der Waals surface area contributed by atoms with Gasteiger partial charge in [0, 0.05) is 16.8 Å². The minimum atomic E-state index is -1.01. The van der Waals surface area contributed by atoms with Crippen molar-refractivity contribution < 1.29 is 24.2 Å². The van der Waals surface area contributed by atoms with Crippen LogP contribution in [0.5, 0.6) is 11.5 Å². The number of amides is 1. The molecular formula is C19H18N4O5. The van der Waals surface area contributed by atoms with Gasteiger partial charge in [-0.1, -0.05) is 17.3 Å². The first-order valence-corrected chi connectivity index (χ1v) is 8.26. The first-order valence-electron chi connectivity index (χ1n) is 8.26. The summed E-state index contributed by atoms with van der Waals surface area (Å²) in [4.78, 5) is 23.3. The quantitative estimate of drug-likeness (QED) is 0.644. The third kappa shape index (κ3) is 4.26. The fourth-order valence-electron chi connectivity index (χ4n) is 2.58. The molecule has 0 fully saturated rings. The molecule has 144 valence electrons. The van der Waals surface area contributed by atoms with E-state index in [1.165, 1.54) is 25.1 Å². The minimum absolute atomic E-state index is 0.275. The number of nitrogens with one attached hydrogen (secondary N) is 1. The van der Waals surface area contributed by atoms with Gasteiger partial charge in [-0.15, -0.1) is 5.10 Å². The maximum Gasteiger partial charge on any atom is 0.325 e. The maximum absolute atomic E-state index is 12.6. The van der Waals surface area contributed by atoms with Crippen LogP contribution in [0.1, 0.15) is 10.4 Å². The molecule has 0 aliphatic carbocycles. The largest absolute Gasteiger partial charge is 0.493 e. The number of hydrogen-bond acceptors (Lipinski definition) is 6. The Bertz CT molecular complexity index is 1020. The van der Waals surface area contributed by atoms with Crippen molar-refractivity contribution in [2.45, 2.75) is 6.54 Å². The van der Waals surface area contributed by atoms with Gasteiger partial charge in [0.25, 0.3) is 5.91 Å². The second-order valence-electron chi connectivity index (χ2n) is 5.80. The van der Waals surface area contributed by atoms with Crippen LogP contribution in [0.25, 0.3) is 11.3 Å². The van der Waals surface area contributed by atoms with Crippen molar-refractivity contribution in [1.29, 1.82) is 0 Å². The Morgan fingerprint density at radius 3 is 2.61 bits per heavy atom. The molecule has 3 rings (SSSR count). The van der Waals surface area contributed by atoms with Crippen LogP contribution < -0.4 is 14.8 Å². The molecule has 0 atom stereocenters. The van der Waals surface area contributed by atoms with Gasteiger partial charge in [0.2, 0.25) is 0 Å². The molecular weight excluding hydrogens is 364 g/mol. The van der Waals surface area contributed by atoms with Crippen LogP contribution in [0.15, 0.2) is 48.7 Å². The number of aliphatic carboxylic acids is 1. The third-order valence-corrected chi connectivity index (χ3v) is 3.90. The summed E-state index contributed by atoms with van der Waals surface area (Å²) in [6.45, 7) is -0.275. The number of anilines is 1. The van der Waals surface area contributed by atoms with Crippen molar-refractivity contribution in [3.05, 3.63) is 54.2 Å². The Morgan fingerprint density at radius 1 is 1.11 bits per heavy atom. The molecule has 9 heteroatoms. The minimum Gasteiger partial charge on any atom is -0.493 e. The molecule has 0 saturated carbocycles. The van der Waals surface area contributed by atoms with Gasteiger partial charge in [-0.25, -0.2) is 4.68 Å². The summed E-state index contributed by atoms with van der Waals surface area (Å²) in [6.07, 6.45) is 1.53. The zero-order valence-corrected chi connectivity index (χ0v) is 15.2. The number of nitrogens with zero attached hydrogens (tertiary/aromatic N) is 3. The number of methoxy groups -OCH3 is 2. The smallest absolute Gasteiger partial charge is 0.325 e. The summed E-state index contributed by atoms with van der Waals surface area (Å²) < 4.78 is 11.6. The van der Waals surface area contributed by atoms with Crippen molar-refractivity contribution in [3.8, 4) is 22.8 Å². The second-order valence-corrected chi connectivity index (χ2v) is 5.80. The van der Waals surface area contributed by atoms with Crippen molar-refractivity contribution >= 4 is 17.6 Å². The molecule has 0 aliphatic rings. The van der Waals surface area contributed by atoms with Crippen LogP contribution in [0, 0.1) is 0 Å². The van der Waals surface area contributed by atoms with E-state index in [0.29, 0.717) is 34.0 Å². The average molecular weight is 382 g/mol. The highest BCUT2D eigenvalue weighted by Crippen LogP contribution is 2.28. The molecule has 0 saturated heterocycles. The molecule has 1 amide bonds. The third-order valence-electron chi connectivity index (χ3n) is 3.90. The summed E-state index contributed by atoms with van der Waals surface area (Å²) >= 11 is 0. The van der Waals surface area contributed by atoms with Crippen LogP contribution in [-0.4, -0.2) is 46.2 Å². The maximum atomic E-state index is 12.6. The summed E-state index contributed by atoms with van der Waals surface area (Å²) in [6, 6.07) is 11.9. The monoisotopic (exact) mass is 382 g/mol. The first kappa shape index (κ1) is 18.9. The number of carbonyl (C=O) groups is 2. The van der Waals surface area contributed by atoms with E-state index >= 15 is 0 Å². The topological polar surface area (TPSA) is 116 Å². The number of ether oxygens (including phenoxy) is 2. The Labute approximate surface area is 160 Å². The number of rotatable bonds is 7. The summed E-state index contributed by atoms with van der Waals surface area (Å²) in [5.74, 6) is -0.329. The van der Waals surface area contributed by atoms with E-state index in [2.05, 4.69) is 15.6 Å². The van der Waals surface area contributed by atoms with Gasteiger partial charge in [0.1, 0.15) is 12.2 Å². The van der Waals surface area contributed by atoms with Crippen molar-refractivity contribution in [2.75, 3.05) is 19.5 Å². The number of aromatic nitrogens is 3. The van der Waals surface area contributed by atoms with Gasteiger partial charge in [0.15, 0.2) is 11.5 Å². The lowest BCUT2D eigenvalue weighted by Gasteiger charge is -2.10. The van der Waals surface area contributed by atoms with E-state index in [9.17, 15) is 9.59 Å². The van der Waals surface area contributed by atoms with Crippen LogP contribution in [0.4, 0.5) is 5.69 Å². The fourth-order valence-corrected chi connectivity index (χ4v) is 2.58. The van der Waals surface area contributed by atoms with E-state index < -0.39 is 5.97 Å². The fraction of sp³-hybridized carbons (Fsp3) is 0.158. The number of hydrogen-bond donors (Lipinski definition) is 2. The van der Waals surface area contributed by atoms with Crippen LogP contribution in [0.2, 0.25) is 0 Å². The number of carbonyl (C=O) groups excluding carboxylic acids is 1. The molecule has 1 aromatic heterocycles. The summed E-state index contributed by atoms with van der Waals surface area (Å²) in [7, 11) is 3.02. The Balaban J connectivity index is 1.78. The highest BCUT2D eigenvalue weighted by Gasteiger charge is 2.12. The SMILES string of the molecule is COc1ccc(C(=O)Nc2cccc(-c3cn(CC(=O)O)nn3)c2)cc1OC. The predicted octanol–water partition coefficient (Wildman–Crippen LogP) is 2.30. The van der Waals surface area contributed by atoms with Gasteiger partial charge < -0.3 is 19.9 Å². The highest BCUT2D eigenvalue weighted by molar-refractivity contribution is 6.04. The highest BCUT2D eigenvalue weighted by atomic mass is 16.5. The van der Waals surface area contributed by atoms with E-state index in [1.54, 1.807) is 42.5 Å². The Morgan fingerprint density at radius 2 is 1.89 bits per heavy atom. The molecule has 0 spiro atoms. The standard InChI is InChI=1S/C19H18N4O5/c1-27-16-7-6-13(9-17(16)28-2)19(26)20-14-5-3-4-12(8-14)15-10-23(22-21-15)11-18(24)25/h3-10H,11H2,1-2H3,(H,20,26)(H,24,25). The van der Waals surface area contributed by atoms with Crippen molar-refractivity contribution in [1.82, 2.24) is 15.0 Å². The molecule has 0 aliphatic heterocycles. The van der Waals surface area contributed by atoms with E-state index in [0.717, 1.165) is 0 Å². The predicted molar refractivity (Wildman–Crippen MR) is 101 cm³/mol. The van der Waals surface area contributed by atoms with Crippen LogP contribution >= 0.6 is 0 Å². The molecule has 2 N–H and O–H groups in total. The van der Waals surface area contributed by atoms with E-state index in [-0.39, 0.29) is 12.5 Å². The van der Waals surface area contributed by atoms with Crippen molar-refractivity contribution in [3.63, 3.8) is 0 Å². The molecule has 1 heterocycles. The van der Waals surface area contributed by atoms with Gasteiger partial charge >= 0.3 is 5.97 Å². The molecule has 3 aromatic rings. The lowest BCUT2D eigenvalue weighted by atomic mass is 10.1. The second kappa shape index (κ2) is 8.21. The average Bonchev–Trinajstić information content (AvgIpc) is 3.15. The van der Waals surface area contributed by atoms with Crippen molar-refractivity contribution in [2.24, 2.45) is 0 Å². The summed E-state index contributed by atoms with van der Waals surface area (Å²) in [5.41, 5.74) is 2.17.